The number of hydrogen-bond donors (Lipinski definition) is 1. The lowest BCUT2D eigenvalue weighted by Gasteiger charge is -2.14. The fourth-order valence-corrected chi connectivity index (χ4v) is 2.05. The SMILES string of the molecule is CC(C)c1ccccc1Nc1ncc(Br)cc1F. The van der Waals surface area contributed by atoms with Crippen LogP contribution in [0.4, 0.5) is 15.9 Å². The molecule has 0 aliphatic carbocycles. The third-order valence-corrected chi connectivity index (χ3v) is 3.08. The standard InChI is InChI=1S/C14H14BrFN2/c1-9(2)11-5-3-4-6-13(11)18-14-12(16)7-10(15)8-17-14/h3-9H,1-2H3,(H,17,18). The molecule has 1 N–H and O–H groups in total. The average Bonchev–Trinajstić information content (AvgIpc) is 2.33. The monoisotopic (exact) mass is 308 g/mol. The second-order valence-electron chi connectivity index (χ2n) is 4.35. The van der Waals surface area contributed by atoms with E-state index in [0.717, 1.165) is 11.3 Å². The molecule has 0 saturated heterocycles. The van der Waals surface area contributed by atoms with Gasteiger partial charge in [0.1, 0.15) is 0 Å². The van der Waals surface area contributed by atoms with Crippen LogP contribution in [0.3, 0.4) is 0 Å². The van der Waals surface area contributed by atoms with Gasteiger partial charge in [0.2, 0.25) is 0 Å². The van der Waals surface area contributed by atoms with Crippen LogP contribution in [0, 0.1) is 5.82 Å². The van der Waals surface area contributed by atoms with Gasteiger partial charge in [-0.15, -0.1) is 0 Å². The highest BCUT2D eigenvalue weighted by Crippen LogP contribution is 2.27. The van der Waals surface area contributed by atoms with E-state index >= 15 is 0 Å². The van der Waals surface area contributed by atoms with Crippen molar-refractivity contribution in [2.45, 2.75) is 19.8 Å². The van der Waals surface area contributed by atoms with Crippen LogP contribution in [0.2, 0.25) is 0 Å². The summed E-state index contributed by atoms with van der Waals surface area (Å²) in [4.78, 5) is 4.04. The molecular weight excluding hydrogens is 295 g/mol. The molecule has 0 radical (unpaired) electrons. The van der Waals surface area contributed by atoms with Gasteiger partial charge >= 0.3 is 0 Å². The lowest BCUT2D eigenvalue weighted by atomic mass is 10.0. The molecule has 0 unspecified atom stereocenters. The minimum Gasteiger partial charge on any atom is -0.338 e. The summed E-state index contributed by atoms with van der Waals surface area (Å²) in [5, 5.41) is 3.04. The Balaban J connectivity index is 2.34. The van der Waals surface area contributed by atoms with Crippen molar-refractivity contribution < 1.29 is 4.39 Å². The molecule has 1 aromatic carbocycles. The Morgan fingerprint density at radius 2 is 2.00 bits per heavy atom. The van der Waals surface area contributed by atoms with Crippen molar-refractivity contribution in [3.8, 4) is 0 Å². The Kier molecular flexibility index (Phi) is 3.97. The van der Waals surface area contributed by atoms with Crippen LogP contribution < -0.4 is 5.32 Å². The number of benzene rings is 1. The maximum absolute atomic E-state index is 13.7. The molecule has 0 amide bonds. The van der Waals surface area contributed by atoms with E-state index in [2.05, 4.69) is 40.1 Å². The van der Waals surface area contributed by atoms with Crippen molar-refractivity contribution in [1.29, 1.82) is 0 Å². The third kappa shape index (κ3) is 2.88. The largest absolute Gasteiger partial charge is 0.338 e. The van der Waals surface area contributed by atoms with Gasteiger partial charge < -0.3 is 5.32 Å². The highest BCUT2D eigenvalue weighted by Gasteiger charge is 2.09. The number of nitrogens with one attached hydrogen (secondary N) is 1. The minimum atomic E-state index is -0.372. The number of rotatable bonds is 3. The maximum Gasteiger partial charge on any atom is 0.166 e. The maximum atomic E-state index is 13.7. The second kappa shape index (κ2) is 5.48. The predicted molar refractivity (Wildman–Crippen MR) is 75.7 cm³/mol. The molecule has 0 spiro atoms. The molecule has 2 aromatic rings. The number of hydrogen-bond acceptors (Lipinski definition) is 2. The summed E-state index contributed by atoms with van der Waals surface area (Å²) in [6.45, 7) is 4.21. The van der Waals surface area contributed by atoms with Gasteiger partial charge in [-0.3, -0.25) is 0 Å². The van der Waals surface area contributed by atoms with E-state index in [0.29, 0.717) is 10.4 Å². The number of anilines is 2. The van der Waals surface area contributed by atoms with Gasteiger partial charge in [0, 0.05) is 16.4 Å². The molecule has 0 aliphatic rings. The number of pyridine rings is 1. The number of aromatic nitrogens is 1. The summed E-state index contributed by atoms with van der Waals surface area (Å²) in [6.07, 6.45) is 1.57. The van der Waals surface area contributed by atoms with E-state index in [1.807, 2.05) is 24.3 Å². The zero-order valence-electron chi connectivity index (χ0n) is 10.2. The fraction of sp³-hybridized carbons (Fsp3) is 0.214. The predicted octanol–water partition coefficient (Wildman–Crippen LogP) is 4.85. The summed E-state index contributed by atoms with van der Waals surface area (Å²) < 4.78 is 14.3. The first kappa shape index (κ1) is 13.0. The van der Waals surface area contributed by atoms with Crippen molar-refractivity contribution in [2.24, 2.45) is 0 Å². The van der Waals surface area contributed by atoms with Gasteiger partial charge in [-0.05, 0) is 39.5 Å². The summed E-state index contributed by atoms with van der Waals surface area (Å²) in [5.41, 5.74) is 2.03. The van der Waals surface area contributed by atoms with Crippen molar-refractivity contribution in [3.05, 3.63) is 52.4 Å². The zero-order chi connectivity index (χ0) is 13.1. The van der Waals surface area contributed by atoms with Crippen molar-refractivity contribution in [1.82, 2.24) is 4.98 Å². The molecule has 18 heavy (non-hydrogen) atoms. The summed E-state index contributed by atoms with van der Waals surface area (Å²) in [5.74, 6) is 0.237. The van der Waals surface area contributed by atoms with E-state index in [1.54, 1.807) is 6.20 Å². The molecule has 4 heteroatoms. The smallest absolute Gasteiger partial charge is 0.166 e. The number of nitrogens with zero attached hydrogens (tertiary/aromatic N) is 1. The highest BCUT2D eigenvalue weighted by molar-refractivity contribution is 9.10. The summed E-state index contributed by atoms with van der Waals surface area (Å²) >= 11 is 3.19. The highest BCUT2D eigenvalue weighted by atomic mass is 79.9. The van der Waals surface area contributed by atoms with Crippen LogP contribution in [-0.2, 0) is 0 Å². The second-order valence-corrected chi connectivity index (χ2v) is 5.27. The minimum absolute atomic E-state index is 0.242. The van der Waals surface area contributed by atoms with Crippen LogP contribution in [0.1, 0.15) is 25.3 Å². The topological polar surface area (TPSA) is 24.9 Å². The lowest BCUT2D eigenvalue weighted by Crippen LogP contribution is -2.01. The Hall–Kier alpha value is -1.42. The fourth-order valence-electron chi connectivity index (χ4n) is 1.75. The van der Waals surface area contributed by atoms with E-state index in [9.17, 15) is 4.39 Å². The van der Waals surface area contributed by atoms with Crippen LogP contribution in [-0.4, -0.2) is 4.98 Å². The quantitative estimate of drug-likeness (QED) is 0.876. The van der Waals surface area contributed by atoms with Gasteiger partial charge in [0.05, 0.1) is 0 Å². The van der Waals surface area contributed by atoms with E-state index in [1.165, 1.54) is 6.07 Å². The normalized spacial score (nSPS) is 10.7. The Morgan fingerprint density at radius 1 is 1.28 bits per heavy atom. The number of halogens is 2. The Bertz CT molecular complexity index is 555. The van der Waals surface area contributed by atoms with Crippen LogP contribution in [0.5, 0.6) is 0 Å². The van der Waals surface area contributed by atoms with E-state index in [-0.39, 0.29) is 11.6 Å². The van der Waals surface area contributed by atoms with Gasteiger partial charge in [-0.2, -0.15) is 0 Å². The van der Waals surface area contributed by atoms with Crippen LogP contribution >= 0.6 is 15.9 Å². The molecule has 2 nitrogen and oxygen atoms in total. The zero-order valence-corrected chi connectivity index (χ0v) is 11.8. The average molecular weight is 309 g/mol. The van der Waals surface area contributed by atoms with E-state index < -0.39 is 0 Å². The first-order valence-corrected chi connectivity index (χ1v) is 6.54. The lowest BCUT2D eigenvalue weighted by molar-refractivity contribution is 0.625. The summed E-state index contributed by atoms with van der Waals surface area (Å²) in [6, 6.07) is 9.26. The molecule has 0 fully saturated rings. The molecule has 0 saturated carbocycles. The van der Waals surface area contributed by atoms with Gasteiger partial charge in [0.25, 0.3) is 0 Å². The van der Waals surface area contributed by atoms with Gasteiger partial charge in [-0.25, -0.2) is 9.37 Å². The molecule has 94 valence electrons. The van der Waals surface area contributed by atoms with Gasteiger partial charge in [0.15, 0.2) is 11.6 Å². The molecule has 0 bridgehead atoms. The van der Waals surface area contributed by atoms with Crippen LogP contribution in [0.25, 0.3) is 0 Å². The molecule has 0 aliphatic heterocycles. The first-order valence-electron chi connectivity index (χ1n) is 5.75. The van der Waals surface area contributed by atoms with Crippen LogP contribution in [0.15, 0.2) is 41.0 Å². The first-order chi connectivity index (χ1) is 8.58. The van der Waals surface area contributed by atoms with Crippen molar-refractivity contribution >= 4 is 27.4 Å². The van der Waals surface area contributed by atoms with Crippen molar-refractivity contribution in [2.75, 3.05) is 5.32 Å². The molecule has 1 heterocycles. The Labute approximate surface area is 114 Å². The Morgan fingerprint density at radius 3 is 2.67 bits per heavy atom. The third-order valence-electron chi connectivity index (χ3n) is 2.64. The number of para-hydroxylation sites is 1. The van der Waals surface area contributed by atoms with Gasteiger partial charge in [-0.1, -0.05) is 32.0 Å². The molecule has 0 atom stereocenters. The summed E-state index contributed by atoms with van der Waals surface area (Å²) in [7, 11) is 0. The van der Waals surface area contributed by atoms with E-state index in [4.69, 9.17) is 0 Å². The molecule has 1 aromatic heterocycles. The van der Waals surface area contributed by atoms with Crippen molar-refractivity contribution in [3.63, 3.8) is 0 Å². The molecular formula is C14H14BrFN2. The molecule has 2 rings (SSSR count).